The van der Waals surface area contributed by atoms with Crippen LogP contribution < -0.4 is 10.1 Å². The predicted molar refractivity (Wildman–Crippen MR) is 117 cm³/mol. The molecule has 0 bridgehead atoms. The number of fused-ring (bicyclic) bond motifs is 2. The Labute approximate surface area is 187 Å². The summed E-state index contributed by atoms with van der Waals surface area (Å²) in [4.78, 5) is 10.9. The highest BCUT2D eigenvalue weighted by Gasteiger charge is 2.29. The molecule has 8 heteroatoms. The molecule has 1 aromatic heterocycles. The van der Waals surface area contributed by atoms with Gasteiger partial charge >= 0.3 is 5.97 Å². The molecule has 164 valence electrons. The fraction of sp³-hybridized carbons (Fsp3) is 0.348. The van der Waals surface area contributed by atoms with E-state index in [0.29, 0.717) is 28.9 Å². The number of nitrogens with one attached hydrogen (secondary N) is 1. The molecule has 1 unspecified atom stereocenters. The molecule has 6 nitrogen and oxygen atoms in total. The van der Waals surface area contributed by atoms with Crippen LogP contribution in [0.1, 0.15) is 29.2 Å². The Bertz CT molecular complexity index is 1070. The van der Waals surface area contributed by atoms with E-state index >= 15 is 0 Å². The lowest BCUT2D eigenvalue weighted by Gasteiger charge is -2.16. The molecular formula is C23H23BrFNO5. The molecule has 2 heterocycles. The largest absolute Gasteiger partial charge is 0.485 e. The number of rotatable bonds is 4. The summed E-state index contributed by atoms with van der Waals surface area (Å²) in [6.45, 7) is 3.83. The monoisotopic (exact) mass is 491 g/mol. The zero-order valence-electron chi connectivity index (χ0n) is 16.8. The average Bonchev–Trinajstić information content (AvgIpc) is 3.37. The van der Waals surface area contributed by atoms with E-state index in [1.54, 1.807) is 24.3 Å². The number of morpholine rings is 1. The molecule has 1 aliphatic heterocycles. The van der Waals surface area contributed by atoms with Crippen molar-refractivity contribution in [1.82, 2.24) is 5.32 Å². The van der Waals surface area contributed by atoms with Crippen LogP contribution in [0.2, 0.25) is 0 Å². The number of halogens is 2. The van der Waals surface area contributed by atoms with Crippen molar-refractivity contribution in [3.05, 3.63) is 63.6 Å². The van der Waals surface area contributed by atoms with Crippen molar-refractivity contribution in [2.75, 3.05) is 26.3 Å². The van der Waals surface area contributed by atoms with Crippen LogP contribution in [0.4, 0.5) is 4.39 Å². The van der Waals surface area contributed by atoms with Gasteiger partial charge in [-0.3, -0.25) is 4.79 Å². The molecular weight excluding hydrogens is 469 g/mol. The molecule has 2 aliphatic rings. The summed E-state index contributed by atoms with van der Waals surface area (Å²) in [6, 6.07) is 8.42. The van der Waals surface area contributed by atoms with E-state index in [1.807, 2.05) is 0 Å². The second kappa shape index (κ2) is 9.80. The average molecular weight is 492 g/mol. The van der Waals surface area contributed by atoms with Crippen molar-refractivity contribution < 1.29 is 28.2 Å². The first-order chi connectivity index (χ1) is 15.0. The molecule has 1 aliphatic carbocycles. The quantitative estimate of drug-likeness (QED) is 0.553. The highest BCUT2D eigenvalue weighted by molar-refractivity contribution is 9.10. The number of carboxylic acids is 1. The van der Waals surface area contributed by atoms with Gasteiger partial charge in [-0.15, -0.1) is 0 Å². The number of furan rings is 1. The molecule has 2 aromatic carbocycles. The zero-order valence-corrected chi connectivity index (χ0v) is 18.4. The topological polar surface area (TPSA) is 80.9 Å². The summed E-state index contributed by atoms with van der Waals surface area (Å²) >= 11 is 3.46. The Morgan fingerprint density at radius 2 is 2.06 bits per heavy atom. The van der Waals surface area contributed by atoms with Crippen molar-refractivity contribution in [2.45, 2.75) is 25.4 Å². The molecule has 3 aromatic rings. The van der Waals surface area contributed by atoms with Crippen LogP contribution in [-0.2, 0) is 22.4 Å². The number of hydrogen-bond acceptors (Lipinski definition) is 5. The third kappa shape index (κ3) is 5.08. The molecule has 1 saturated heterocycles. The van der Waals surface area contributed by atoms with E-state index < -0.39 is 5.97 Å². The van der Waals surface area contributed by atoms with Crippen LogP contribution in [0, 0.1) is 5.82 Å². The van der Waals surface area contributed by atoms with Crippen LogP contribution in [0.15, 0.2) is 45.5 Å². The fourth-order valence-corrected chi connectivity index (χ4v) is 4.41. The minimum Gasteiger partial charge on any atom is -0.485 e. The van der Waals surface area contributed by atoms with Crippen LogP contribution >= 0.6 is 15.9 Å². The summed E-state index contributed by atoms with van der Waals surface area (Å²) in [7, 11) is 0. The third-order valence-electron chi connectivity index (χ3n) is 5.32. The molecule has 1 atom stereocenters. The van der Waals surface area contributed by atoms with Gasteiger partial charge < -0.3 is 24.3 Å². The van der Waals surface area contributed by atoms with Gasteiger partial charge in [-0.25, -0.2) is 4.39 Å². The Morgan fingerprint density at radius 3 is 2.74 bits per heavy atom. The van der Waals surface area contributed by atoms with Crippen LogP contribution in [-0.4, -0.2) is 37.4 Å². The predicted octanol–water partition coefficient (Wildman–Crippen LogP) is 4.63. The van der Waals surface area contributed by atoms with Crippen molar-refractivity contribution in [3.8, 4) is 5.75 Å². The number of benzene rings is 2. The molecule has 31 heavy (non-hydrogen) atoms. The van der Waals surface area contributed by atoms with Crippen LogP contribution in [0.3, 0.4) is 0 Å². The maximum Gasteiger partial charge on any atom is 0.307 e. The smallest absolute Gasteiger partial charge is 0.307 e. The van der Waals surface area contributed by atoms with E-state index in [1.165, 1.54) is 12.3 Å². The van der Waals surface area contributed by atoms with Crippen LogP contribution in [0.5, 0.6) is 5.75 Å². The molecule has 2 N–H and O–H groups in total. The van der Waals surface area contributed by atoms with E-state index in [4.69, 9.17) is 19.0 Å². The first-order valence-electron chi connectivity index (χ1n) is 10.2. The standard InChI is InChI=1S/C19H14BrFO4.C4H9NO/c20-14-4-5-15(21)19-13(14)3-6-16(19)25-11-1-2-12-10(7-18(22)23)9-24-17(12)8-11;1-3-6-4-2-5-1/h1-2,4-5,8-9,16H,3,6-7H2,(H,22,23);5H,1-4H2. The first-order valence-corrected chi connectivity index (χ1v) is 11.0. The van der Waals surface area contributed by atoms with Gasteiger partial charge in [-0.2, -0.15) is 0 Å². The van der Waals surface area contributed by atoms with Crippen molar-refractivity contribution >= 4 is 32.9 Å². The van der Waals surface area contributed by atoms with Gasteiger partial charge in [0.15, 0.2) is 0 Å². The Kier molecular flexibility index (Phi) is 6.89. The molecule has 0 saturated carbocycles. The number of carboxylic acid groups (broad SMARTS) is 1. The van der Waals surface area contributed by atoms with E-state index in [2.05, 4.69) is 21.2 Å². The lowest BCUT2D eigenvalue weighted by atomic mass is 10.1. The minimum absolute atomic E-state index is 0.0948. The lowest BCUT2D eigenvalue weighted by Crippen LogP contribution is -2.30. The molecule has 0 radical (unpaired) electrons. The van der Waals surface area contributed by atoms with Crippen molar-refractivity contribution in [1.29, 1.82) is 0 Å². The van der Waals surface area contributed by atoms with Gasteiger partial charge in [-0.05, 0) is 42.7 Å². The summed E-state index contributed by atoms with van der Waals surface area (Å²) in [5, 5.41) is 12.8. The highest BCUT2D eigenvalue weighted by Crippen LogP contribution is 2.40. The molecule has 0 amide bonds. The van der Waals surface area contributed by atoms with Gasteiger partial charge in [0.25, 0.3) is 0 Å². The SMILES string of the molecule is C1COCCN1.O=C(O)Cc1coc2cc(OC3CCc4c(Br)ccc(F)c43)ccc12. The van der Waals surface area contributed by atoms with E-state index in [-0.39, 0.29) is 18.3 Å². The Morgan fingerprint density at radius 1 is 1.26 bits per heavy atom. The van der Waals surface area contributed by atoms with Gasteiger partial charge in [0, 0.05) is 40.1 Å². The fourth-order valence-electron chi connectivity index (χ4n) is 3.87. The summed E-state index contributed by atoms with van der Waals surface area (Å²) in [5.41, 5.74) is 2.73. The first kappa shape index (κ1) is 21.8. The van der Waals surface area contributed by atoms with E-state index in [9.17, 15) is 9.18 Å². The number of aliphatic carboxylic acids is 1. The van der Waals surface area contributed by atoms with Crippen molar-refractivity contribution in [3.63, 3.8) is 0 Å². The van der Waals surface area contributed by atoms with Gasteiger partial charge in [0.1, 0.15) is 23.3 Å². The van der Waals surface area contributed by atoms with Crippen molar-refractivity contribution in [2.24, 2.45) is 0 Å². The molecule has 5 rings (SSSR count). The zero-order chi connectivity index (χ0) is 21.8. The highest BCUT2D eigenvalue weighted by atomic mass is 79.9. The summed E-state index contributed by atoms with van der Waals surface area (Å²) < 4.78 is 31.6. The van der Waals surface area contributed by atoms with Crippen LogP contribution in [0.25, 0.3) is 11.0 Å². The summed E-state index contributed by atoms with van der Waals surface area (Å²) in [5.74, 6) is -0.601. The molecule has 0 spiro atoms. The Hall–Kier alpha value is -2.42. The maximum absolute atomic E-state index is 14.2. The van der Waals surface area contributed by atoms with Gasteiger partial charge in [0.2, 0.25) is 0 Å². The third-order valence-corrected chi connectivity index (χ3v) is 6.06. The van der Waals surface area contributed by atoms with Gasteiger partial charge in [-0.1, -0.05) is 15.9 Å². The van der Waals surface area contributed by atoms with E-state index in [0.717, 1.165) is 48.1 Å². The maximum atomic E-state index is 14.2. The second-order valence-electron chi connectivity index (χ2n) is 7.42. The number of carbonyl (C=O) groups is 1. The second-order valence-corrected chi connectivity index (χ2v) is 8.27. The number of hydrogen-bond donors (Lipinski definition) is 2. The summed E-state index contributed by atoms with van der Waals surface area (Å²) in [6.07, 6.45) is 2.46. The molecule has 1 fully saturated rings. The normalized spacial score (nSPS) is 17.7. The Balaban J connectivity index is 0.000000334. The minimum atomic E-state index is -0.911. The van der Waals surface area contributed by atoms with Gasteiger partial charge in [0.05, 0.1) is 25.9 Å². The lowest BCUT2D eigenvalue weighted by molar-refractivity contribution is -0.136. The number of ether oxygens (including phenoxy) is 2.